The van der Waals surface area contributed by atoms with Gasteiger partial charge in [0.25, 0.3) is 5.91 Å². The van der Waals surface area contributed by atoms with Crippen molar-refractivity contribution in [1.29, 1.82) is 0 Å². The first-order chi connectivity index (χ1) is 15.3. The van der Waals surface area contributed by atoms with Crippen LogP contribution in [0.25, 0.3) is 11.1 Å². The Morgan fingerprint density at radius 1 is 1.06 bits per heavy atom. The summed E-state index contributed by atoms with van der Waals surface area (Å²) in [5, 5.41) is 10.3. The van der Waals surface area contributed by atoms with E-state index in [1.54, 1.807) is 18.9 Å². The molecule has 32 heavy (non-hydrogen) atoms. The maximum absolute atomic E-state index is 12.7. The van der Waals surface area contributed by atoms with Crippen LogP contribution in [0, 0.1) is 20.8 Å². The zero-order valence-corrected chi connectivity index (χ0v) is 18.8. The lowest BCUT2D eigenvalue weighted by atomic mass is 10.1. The lowest BCUT2D eigenvalue weighted by Gasteiger charge is -2.11. The Morgan fingerprint density at radius 2 is 1.81 bits per heavy atom. The molecule has 1 aliphatic rings. The average molecular weight is 434 g/mol. The standard InChI is InChI=1S/C24H26N4O4/c1-13-6-8-17(10-14(13)2)25-21(29)12-18-24(30)26-23-22(15(3)27-28(18)23)16-7-9-19(31-4)20(11-16)32-5/h6-11,18H,12H2,1-5H3,(H,25,29)(H,26,30). The first-order valence-electron chi connectivity index (χ1n) is 10.3. The van der Waals surface area contributed by atoms with Crippen LogP contribution >= 0.6 is 0 Å². The molecular weight excluding hydrogens is 408 g/mol. The van der Waals surface area contributed by atoms with Gasteiger partial charge in [-0.15, -0.1) is 0 Å². The highest BCUT2D eigenvalue weighted by atomic mass is 16.5. The van der Waals surface area contributed by atoms with E-state index in [9.17, 15) is 9.59 Å². The van der Waals surface area contributed by atoms with Crippen LogP contribution in [0.1, 0.15) is 29.3 Å². The first kappa shape index (κ1) is 21.4. The van der Waals surface area contributed by atoms with Gasteiger partial charge < -0.3 is 20.1 Å². The van der Waals surface area contributed by atoms with Crippen molar-refractivity contribution in [3.63, 3.8) is 0 Å². The van der Waals surface area contributed by atoms with E-state index in [1.165, 1.54) is 0 Å². The number of nitrogens with one attached hydrogen (secondary N) is 2. The number of aromatic nitrogens is 2. The molecule has 1 unspecified atom stereocenters. The summed E-state index contributed by atoms with van der Waals surface area (Å²) in [6, 6.07) is 10.5. The fourth-order valence-corrected chi connectivity index (χ4v) is 3.93. The lowest BCUT2D eigenvalue weighted by Crippen LogP contribution is -2.23. The number of carbonyl (C=O) groups is 2. The van der Waals surface area contributed by atoms with E-state index in [-0.39, 0.29) is 18.2 Å². The second-order valence-corrected chi connectivity index (χ2v) is 7.88. The molecule has 2 aromatic carbocycles. The van der Waals surface area contributed by atoms with E-state index < -0.39 is 6.04 Å². The van der Waals surface area contributed by atoms with E-state index in [4.69, 9.17) is 9.47 Å². The van der Waals surface area contributed by atoms with Crippen molar-refractivity contribution in [2.75, 3.05) is 24.9 Å². The van der Waals surface area contributed by atoms with Crippen molar-refractivity contribution < 1.29 is 19.1 Å². The normalized spacial score (nSPS) is 14.7. The highest BCUT2D eigenvalue weighted by molar-refractivity contribution is 6.04. The van der Waals surface area contributed by atoms with Gasteiger partial charge in [0, 0.05) is 11.3 Å². The predicted molar refractivity (Wildman–Crippen MR) is 122 cm³/mol. The van der Waals surface area contributed by atoms with E-state index >= 15 is 0 Å². The van der Waals surface area contributed by atoms with Gasteiger partial charge in [0.15, 0.2) is 11.5 Å². The summed E-state index contributed by atoms with van der Waals surface area (Å²) in [5.74, 6) is 1.26. The maximum Gasteiger partial charge on any atom is 0.251 e. The Morgan fingerprint density at radius 3 is 2.50 bits per heavy atom. The monoisotopic (exact) mass is 434 g/mol. The Hall–Kier alpha value is -3.81. The quantitative estimate of drug-likeness (QED) is 0.611. The molecule has 8 heteroatoms. The van der Waals surface area contributed by atoms with E-state index in [1.807, 2.05) is 57.2 Å². The van der Waals surface area contributed by atoms with E-state index in [0.29, 0.717) is 23.0 Å². The highest BCUT2D eigenvalue weighted by Crippen LogP contribution is 2.41. The minimum absolute atomic E-state index is 0.0156. The maximum atomic E-state index is 12.7. The number of rotatable bonds is 6. The zero-order chi connectivity index (χ0) is 23.0. The molecule has 0 saturated heterocycles. The van der Waals surface area contributed by atoms with Crippen molar-refractivity contribution in [3.05, 3.63) is 53.2 Å². The number of anilines is 2. The van der Waals surface area contributed by atoms with Crippen LogP contribution in [-0.2, 0) is 9.59 Å². The molecule has 2 amide bonds. The minimum Gasteiger partial charge on any atom is -0.493 e. The van der Waals surface area contributed by atoms with Gasteiger partial charge in [0.05, 0.1) is 26.3 Å². The number of aryl methyl sites for hydroxylation is 3. The lowest BCUT2D eigenvalue weighted by molar-refractivity contribution is -0.123. The molecule has 0 bridgehead atoms. The summed E-state index contributed by atoms with van der Waals surface area (Å²) in [6.45, 7) is 5.88. The molecule has 2 N–H and O–H groups in total. The summed E-state index contributed by atoms with van der Waals surface area (Å²) in [6.07, 6.45) is -0.0156. The molecule has 3 aromatic rings. The summed E-state index contributed by atoms with van der Waals surface area (Å²) in [4.78, 5) is 25.4. The summed E-state index contributed by atoms with van der Waals surface area (Å²) in [5.41, 5.74) is 5.31. The molecule has 1 aliphatic heterocycles. The number of benzene rings is 2. The van der Waals surface area contributed by atoms with Crippen LogP contribution in [0.5, 0.6) is 11.5 Å². The molecule has 0 fully saturated rings. The largest absolute Gasteiger partial charge is 0.493 e. The van der Waals surface area contributed by atoms with E-state index in [2.05, 4.69) is 15.7 Å². The van der Waals surface area contributed by atoms with Crippen molar-refractivity contribution in [1.82, 2.24) is 9.78 Å². The van der Waals surface area contributed by atoms with E-state index in [0.717, 1.165) is 27.9 Å². The SMILES string of the molecule is COc1ccc(-c2c(C)nn3c2NC(=O)C3CC(=O)Nc2ccc(C)c(C)c2)cc1OC. The molecule has 0 spiro atoms. The smallest absolute Gasteiger partial charge is 0.251 e. The Labute approximate surface area is 186 Å². The van der Waals surface area contributed by atoms with Gasteiger partial charge in [-0.3, -0.25) is 9.59 Å². The number of amides is 2. The molecule has 8 nitrogen and oxygen atoms in total. The molecule has 0 radical (unpaired) electrons. The minimum atomic E-state index is -0.718. The Bertz CT molecular complexity index is 1210. The van der Waals surface area contributed by atoms with Gasteiger partial charge in [-0.05, 0) is 61.7 Å². The molecule has 2 heterocycles. The Kier molecular flexibility index (Phi) is 5.61. The molecule has 0 saturated carbocycles. The third-order valence-corrected chi connectivity index (χ3v) is 5.77. The number of carbonyl (C=O) groups excluding carboxylic acids is 2. The van der Waals surface area contributed by atoms with Crippen LogP contribution in [0.15, 0.2) is 36.4 Å². The number of nitrogens with zero attached hydrogens (tertiary/aromatic N) is 2. The summed E-state index contributed by atoms with van der Waals surface area (Å²) < 4.78 is 12.3. The number of ether oxygens (including phenoxy) is 2. The van der Waals surface area contributed by atoms with Crippen molar-refractivity contribution in [2.45, 2.75) is 33.2 Å². The van der Waals surface area contributed by atoms with Gasteiger partial charge >= 0.3 is 0 Å². The predicted octanol–water partition coefficient (Wildman–Crippen LogP) is 4.01. The molecule has 1 aromatic heterocycles. The molecule has 4 rings (SSSR count). The fourth-order valence-electron chi connectivity index (χ4n) is 3.93. The van der Waals surface area contributed by atoms with Gasteiger partial charge in [0.1, 0.15) is 11.9 Å². The van der Waals surface area contributed by atoms with Crippen molar-refractivity contribution >= 4 is 23.3 Å². The molecule has 166 valence electrons. The van der Waals surface area contributed by atoms with Crippen LogP contribution in [0.2, 0.25) is 0 Å². The van der Waals surface area contributed by atoms with Gasteiger partial charge in [0.2, 0.25) is 5.91 Å². The molecule has 1 atom stereocenters. The zero-order valence-electron chi connectivity index (χ0n) is 18.8. The highest BCUT2D eigenvalue weighted by Gasteiger charge is 2.36. The van der Waals surface area contributed by atoms with Gasteiger partial charge in [-0.2, -0.15) is 5.10 Å². The van der Waals surface area contributed by atoms with Crippen molar-refractivity contribution in [2.24, 2.45) is 0 Å². The van der Waals surface area contributed by atoms with Crippen molar-refractivity contribution in [3.8, 4) is 22.6 Å². The fraction of sp³-hybridized carbons (Fsp3) is 0.292. The number of hydrogen-bond acceptors (Lipinski definition) is 5. The van der Waals surface area contributed by atoms with Crippen LogP contribution in [-0.4, -0.2) is 35.8 Å². The topological polar surface area (TPSA) is 94.5 Å². The molecule has 0 aliphatic carbocycles. The van der Waals surface area contributed by atoms with Crippen LogP contribution < -0.4 is 20.1 Å². The first-order valence-corrected chi connectivity index (χ1v) is 10.3. The number of hydrogen-bond donors (Lipinski definition) is 2. The number of methoxy groups -OCH3 is 2. The second kappa shape index (κ2) is 8.37. The second-order valence-electron chi connectivity index (χ2n) is 7.88. The third-order valence-electron chi connectivity index (χ3n) is 5.77. The molecular formula is C24H26N4O4. The summed E-state index contributed by atoms with van der Waals surface area (Å²) in [7, 11) is 3.15. The average Bonchev–Trinajstić information content (AvgIpc) is 3.23. The number of fused-ring (bicyclic) bond motifs is 1. The van der Waals surface area contributed by atoms with Crippen LogP contribution in [0.3, 0.4) is 0 Å². The summed E-state index contributed by atoms with van der Waals surface area (Å²) >= 11 is 0. The van der Waals surface area contributed by atoms with Gasteiger partial charge in [-0.1, -0.05) is 12.1 Å². The van der Waals surface area contributed by atoms with Gasteiger partial charge in [-0.25, -0.2) is 4.68 Å². The third kappa shape index (κ3) is 3.79. The Balaban J connectivity index is 1.60. The van der Waals surface area contributed by atoms with Crippen LogP contribution in [0.4, 0.5) is 11.5 Å².